The van der Waals surface area contributed by atoms with Gasteiger partial charge in [0.15, 0.2) is 17.7 Å². The van der Waals surface area contributed by atoms with Crippen LogP contribution in [0.3, 0.4) is 0 Å². The molecule has 10 nitrogen and oxygen atoms in total. The number of esters is 1. The molecule has 1 aromatic carbocycles. The average Bonchev–Trinajstić information content (AvgIpc) is 3.01. The first-order valence-corrected chi connectivity index (χ1v) is 14.0. The van der Waals surface area contributed by atoms with E-state index in [1.807, 2.05) is 0 Å². The number of para-hydroxylation sites is 1. The van der Waals surface area contributed by atoms with Gasteiger partial charge < -0.3 is 23.6 Å². The van der Waals surface area contributed by atoms with Crippen LogP contribution in [0.25, 0.3) is 0 Å². The summed E-state index contributed by atoms with van der Waals surface area (Å²) in [6.45, 7) is 2.18. The lowest BCUT2D eigenvalue weighted by Gasteiger charge is -2.32. The molecule has 1 aromatic rings. The van der Waals surface area contributed by atoms with Crippen molar-refractivity contribution in [3.8, 4) is 5.75 Å². The molecule has 1 fully saturated rings. The maximum atomic E-state index is 15.5. The number of amides is 1. The third kappa shape index (κ3) is 6.76. The highest BCUT2D eigenvalue weighted by Gasteiger charge is 2.57. The van der Waals surface area contributed by atoms with Crippen molar-refractivity contribution in [1.82, 2.24) is 9.99 Å². The number of hydrogen-bond donors (Lipinski definition) is 2. The summed E-state index contributed by atoms with van der Waals surface area (Å²) in [5.41, 5.74) is -2.38. The van der Waals surface area contributed by atoms with Crippen LogP contribution in [0.5, 0.6) is 5.75 Å². The second-order valence-electron chi connectivity index (χ2n) is 8.92. The van der Waals surface area contributed by atoms with E-state index in [-0.39, 0.29) is 6.10 Å². The molecule has 198 valence electrons. The third-order valence-electron chi connectivity index (χ3n) is 5.44. The number of ether oxygens (including phenoxy) is 2. The van der Waals surface area contributed by atoms with Crippen LogP contribution in [0, 0.1) is 0 Å². The molecule has 2 N–H and O–H groups in total. The van der Waals surface area contributed by atoms with Gasteiger partial charge in [-0.05, 0) is 57.7 Å². The van der Waals surface area contributed by atoms with Crippen LogP contribution in [-0.2, 0) is 40.2 Å². The molecule has 1 saturated heterocycles. The first-order valence-electron chi connectivity index (χ1n) is 11.3. The maximum absolute atomic E-state index is 15.5. The van der Waals surface area contributed by atoms with Crippen molar-refractivity contribution >= 4 is 36.1 Å². The van der Waals surface area contributed by atoms with Gasteiger partial charge in [-0.15, -0.1) is 0 Å². The van der Waals surface area contributed by atoms with Crippen molar-refractivity contribution in [3.63, 3.8) is 0 Å². The van der Waals surface area contributed by atoms with Crippen LogP contribution >= 0.6 is 6.64 Å². The maximum Gasteiger partial charge on any atom is 0.323 e. The van der Waals surface area contributed by atoms with E-state index in [0.717, 1.165) is 24.1 Å². The lowest BCUT2D eigenvalue weighted by Crippen LogP contribution is -2.51. The lowest BCUT2D eigenvalue weighted by molar-refractivity contribution is -0.150. The fourth-order valence-corrected chi connectivity index (χ4v) is 6.03. The standard InChI is InChI=1S/C23H30FN2O8PS/c1-14(2)32-21(30)15(3)25-35(36,34-17-8-6-5-7-9-17)31-13-18-20(29)23(4,24)22(33-18)26-11-10-16(27)12-19(26)28/h5-11,14-15,18,20,22,29H,12-13H2,1-4H3,(H,25,36)/t15-,18+,20+,22+,23+,35?/m0/s1. The summed E-state index contributed by atoms with van der Waals surface area (Å²) < 4.78 is 38.1. The van der Waals surface area contributed by atoms with Crippen LogP contribution in [0.4, 0.5) is 4.39 Å². The first-order chi connectivity index (χ1) is 16.8. The number of benzene rings is 1. The quantitative estimate of drug-likeness (QED) is 0.258. The van der Waals surface area contributed by atoms with E-state index in [1.54, 1.807) is 44.2 Å². The van der Waals surface area contributed by atoms with Gasteiger partial charge in [-0.2, -0.15) is 0 Å². The summed E-state index contributed by atoms with van der Waals surface area (Å²) in [4.78, 5) is 37.1. The van der Waals surface area contributed by atoms with Crippen molar-refractivity contribution < 1.29 is 42.4 Å². The van der Waals surface area contributed by atoms with E-state index in [2.05, 4.69) is 5.09 Å². The van der Waals surface area contributed by atoms with Crippen molar-refractivity contribution in [2.75, 3.05) is 6.61 Å². The Morgan fingerprint density at radius 3 is 2.61 bits per heavy atom. The number of rotatable bonds is 10. The molecule has 13 heteroatoms. The Bertz CT molecular complexity index is 1050. The summed E-state index contributed by atoms with van der Waals surface area (Å²) >= 11 is 5.61. The Balaban J connectivity index is 1.76. The summed E-state index contributed by atoms with van der Waals surface area (Å²) in [6, 6.07) is 7.62. The predicted molar refractivity (Wildman–Crippen MR) is 131 cm³/mol. The molecule has 0 saturated carbocycles. The van der Waals surface area contributed by atoms with E-state index in [9.17, 15) is 19.5 Å². The summed E-state index contributed by atoms with van der Waals surface area (Å²) in [7, 11) is 0. The minimum absolute atomic E-state index is 0.349. The Morgan fingerprint density at radius 1 is 1.33 bits per heavy atom. The molecule has 2 aliphatic heterocycles. The van der Waals surface area contributed by atoms with Gasteiger partial charge in [0.05, 0.1) is 19.1 Å². The van der Waals surface area contributed by atoms with Crippen molar-refractivity contribution in [1.29, 1.82) is 0 Å². The average molecular weight is 545 g/mol. The zero-order valence-electron chi connectivity index (χ0n) is 20.3. The number of aliphatic hydroxyl groups is 1. The Kier molecular flexibility index (Phi) is 9.02. The number of carbonyl (C=O) groups excluding carboxylic acids is 3. The zero-order valence-corrected chi connectivity index (χ0v) is 22.0. The molecule has 0 aromatic heterocycles. The SMILES string of the molecule is CC(C)OC(=O)[C@H](C)NP(=S)(OC[C@H]1O[C@@H](N2C=CC(=O)CC2=O)[C@](C)(F)[C@@H]1O)Oc1ccccc1. The van der Waals surface area contributed by atoms with Crippen molar-refractivity contribution in [2.24, 2.45) is 0 Å². The Labute approximate surface area is 213 Å². The molecule has 1 unspecified atom stereocenters. The summed E-state index contributed by atoms with van der Waals surface area (Å²) in [5, 5.41) is 13.5. The molecule has 1 amide bonds. The Hall–Kier alpha value is -2.21. The highest BCUT2D eigenvalue weighted by molar-refractivity contribution is 8.09. The van der Waals surface area contributed by atoms with Gasteiger partial charge >= 0.3 is 12.6 Å². The normalized spacial score (nSPS) is 28.8. The van der Waals surface area contributed by atoms with E-state index in [4.69, 9.17) is 30.3 Å². The molecule has 0 bridgehead atoms. The number of aliphatic hydroxyl groups excluding tert-OH is 1. The molecule has 2 heterocycles. The van der Waals surface area contributed by atoms with Crippen molar-refractivity contribution in [3.05, 3.63) is 42.6 Å². The highest BCUT2D eigenvalue weighted by atomic mass is 32.5. The fourth-order valence-electron chi connectivity index (χ4n) is 3.61. The number of nitrogens with one attached hydrogen (secondary N) is 1. The van der Waals surface area contributed by atoms with Crippen molar-refractivity contribution in [2.45, 2.75) is 70.4 Å². The van der Waals surface area contributed by atoms with Gasteiger partial charge in [0.1, 0.15) is 24.0 Å². The summed E-state index contributed by atoms with van der Waals surface area (Å²) in [6.07, 6.45) is -2.90. The predicted octanol–water partition coefficient (Wildman–Crippen LogP) is 2.37. The minimum atomic E-state index is -3.46. The highest BCUT2D eigenvalue weighted by Crippen LogP contribution is 2.47. The van der Waals surface area contributed by atoms with Gasteiger partial charge in [0, 0.05) is 6.20 Å². The van der Waals surface area contributed by atoms with Gasteiger partial charge in [-0.1, -0.05) is 18.2 Å². The number of nitrogens with zero attached hydrogens (tertiary/aromatic N) is 1. The smallest absolute Gasteiger partial charge is 0.323 e. The van der Waals surface area contributed by atoms with Crippen LogP contribution in [-0.4, -0.2) is 70.5 Å². The topological polar surface area (TPSA) is 124 Å². The van der Waals surface area contributed by atoms with E-state index in [1.165, 1.54) is 6.92 Å². The number of allylic oxidation sites excluding steroid dienone is 1. The first kappa shape index (κ1) is 28.4. The summed E-state index contributed by atoms with van der Waals surface area (Å²) in [5.74, 6) is -1.27. The molecule has 0 spiro atoms. The zero-order chi connectivity index (χ0) is 26.7. The molecular weight excluding hydrogens is 514 g/mol. The van der Waals surface area contributed by atoms with Crippen LogP contribution in [0.2, 0.25) is 0 Å². The molecular formula is C23H30FN2O8PS. The van der Waals surface area contributed by atoms with E-state index in [0.29, 0.717) is 5.75 Å². The van der Waals surface area contributed by atoms with Gasteiger partial charge in [-0.3, -0.25) is 19.3 Å². The van der Waals surface area contributed by atoms with Gasteiger partial charge in [0.2, 0.25) is 5.91 Å². The van der Waals surface area contributed by atoms with Crippen LogP contribution in [0.1, 0.15) is 34.1 Å². The monoisotopic (exact) mass is 544 g/mol. The molecule has 2 aliphatic rings. The third-order valence-corrected chi connectivity index (χ3v) is 7.94. The number of hydrogen-bond acceptors (Lipinski definition) is 9. The van der Waals surface area contributed by atoms with Gasteiger partial charge in [-0.25, -0.2) is 9.48 Å². The molecule has 0 radical (unpaired) electrons. The molecule has 3 rings (SSSR count). The number of halogens is 1. The fraction of sp³-hybridized carbons (Fsp3) is 0.522. The second-order valence-corrected chi connectivity index (χ2v) is 12.1. The van der Waals surface area contributed by atoms with E-state index < -0.39 is 67.5 Å². The largest absolute Gasteiger partial charge is 0.462 e. The van der Waals surface area contributed by atoms with Crippen LogP contribution < -0.4 is 9.61 Å². The van der Waals surface area contributed by atoms with Gasteiger partial charge in [0.25, 0.3) is 0 Å². The van der Waals surface area contributed by atoms with E-state index >= 15 is 4.39 Å². The number of alkyl halides is 1. The second kappa shape index (κ2) is 11.5. The number of carbonyl (C=O) groups is 3. The van der Waals surface area contributed by atoms with Crippen LogP contribution in [0.15, 0.2) is 42.6 Å². The minimum Gasteiger partial charge on any atom is -0.462 e. The molecule has 6 atom stereocenters. The molecule has 0 aliphatic carbocycles. The lowest BCUT2D eigenvalue weighted by atomic mass is 9.97. The Morgan fingerprint density at radius 2 is 2.00 bits per heavy atom. The number of ketones is 1. The molecule has 36 heavy (non-hydrogen) atoms.